The van der Waals surface area contributed by atoms with E-state index in [0.29, 0.717) is 37.8 Å². The van der Waals surface area contributed by atoms with E-state index in [9.17, 15) is 14.4 Å². The minimum absolute atomic E-state index is 0.366. The Balaban J connectivity index is 1.64. The van der Waals surface area contributed by atoms with Crippen LogP contribution in [-0.2, 0) is 14.3 Å². The molecule has 2 heterocycles. The van der Waals surface area contributed by atoms with E-state index < -0.39 is 23.8 Å². The van der Waals surface area contributed by atoms with Crippen molar-refractivity contribution in [3.8, 4) is 5.75 Å². The summed E-state index contributed by atoms with van der Waals surface area (Å²) < 4.78 is 10.7. The molecule has 0 saturated carbocycles. The minimum atomic E-state index is -1.13. The number of nitrogens with zero attached hydrogens (tertiary/aromatic N) is 3. The van der Waals surface area contributed by atoms with E-state index in [-0.39, 0.29) is 0 Å². The van der Waals surface area contributed by atoms with Gasteiger partial charge in [0.1, 0.15) is 5.75 Å². The lowest BCUT2D eigenvalue weighted by molar-refractivity contribution is -0.131. The number of hydrogen-bond donors (Lipinski definition) is 1. The summed E-state index contributed by atoms with van der Waals surface area (Å²) in [7, 11) is 0. The Hall–Kier alpha value is -2.78. The number of benzene rings is 1. The van der Waals surface area contributed by atoms with Gasteiger partial charge in [0, 0.05) is 25.8 Å². The van der Waals surface area contributed by atoms with Gasteiger partial charge >= 0.3 is 6.03 Å². The van der Waals surface area contributed by atoms with Gasteiger partial charge in [-0.25, -0.2) is 9.69 Å². The molecular weight excluding hydrogens is 364 g/mol. The number of rotatable bonds is 7. The second-order valence-corrected chi connectivity index (χ2v) is 6.38. The van der Waals surface area contributed by atoms with E-state index in [2.05, 4.69) is 15.2 Å². The van der Waals surface area contributed by atoms with Crippen LogP contribution in [0.2, 0.25) is 0 Å². The average Bonchev–Trinajstić information content (AvgIpc) is 2.69. The van der Waals surface area contributed by atoms with E-state index in [1.165, 1.54) is 6.21 Å². The lowest BCUT2D eigenvalue weighted by atomic mass is 10.1. The number of imide groups is 2. The number of carbonyl (C=O) groups is 3. The smallest absolute Gasteiger partial charge is 0.335 e. The van der Waals surface area contributed by atoms with Crippen LogP contribution in [0, 0.1) is 5.92 Å². The Kier molecular flexibility index (Phi) is 6.72. The molecule has 9 heteroatoms. The number of hydrogen-bond acceptors (Lipinski definition) is 7. The molecule has 1 aromatic carbocycles. The number of urea groups is 1. The summed E-state index contributed by atoms with van der Waals surface area (Å²) in [6.45, 7) is 6.66. The van der Waals surface area contributed by atoms with E-state index in [0.717, 1.165) is 24.5 Å². The van der Waals surface area contributed by atoms with Crippen LogP contribution in [0.5, 0.6) is 5.75 Å². The normalized spacial score (nSPS) is 21.2. The molecule has 2 aliphatic rings. The molecule has 2 fully saturated rings. The van der Waals surface area contributed by atoms with Crippen LogP contribution in [0.3, 0.4) is 0 Å². The van der Waals surface area contributed by atoms with Crippen molar-refractivity contribution in [3.05, 3.63) is 24.3 Å². The molecule has 0 radical (unpaired) electrons. The highest BCUT2D eigenvalue weighted by molar-refractivity contribution is 6.32. The molecule has 0 aromatic heterocycles. The average molecular weight is 388 g/mol. The summed E-state index contributed by atoms with van der Waals surface area (Å²) in [6.07, 6.45) is 1.33. The molecule has 1 N–H and O–H groups in total. The van der Waals surface area contributed by atoms with Crippen LogP contribution in [0.4, 0.5) is 10.5 Å². The lowest BCUT2D eigenvalue weighted by Gasteiger charge is -2.28. The third-order valence-corrected chi connectivity index (χ3v) is 4.51. The van der Waals surface area contributed by atoms with Gasteiger partial charge in [-0.05, 0) is 31.2 Å². The molecule has 9 nitrogen and oxygen atoms in total. The predicted octanol–water partition coefficient (Wildman–Crippen LogP) is 0.687. The summed E-state index contributed by atoms with van der Waals surface area (Å²) in [5, 5.41) is 2.22. The predicted molar refractivity (Wildman–Crippen MR) is 103 cm³/mol. The Labute approximate surface area is 163 Å². The van der Waals surface area contributed by atoms with Gasteiger partial charge in [0.05, 0.1) is 32.1 Å². The van der Waals surface area contributed by atoms with Gasteiger partial charge in [-0.15, -0.1) is 0 Å². The molecule has 4 amide bonds. The number of barbiturate groups is 1. The second kappa shape index (κ2) is 9.43. The molecule has 1 aromatic rings. The molecular formula is C19H24N4O5. The van der Waals surface area contributed by atoms with Crippen molar-refractivity contribution < 1.29 is 23.9 Å². The molecule has 0 aliphatic carbocycles. The highest BCUT2D eigenvalue weighted by Gasteiger charge is 2.40. The van der Waals surface area contributed by atoms with Crippen molar-refractivity contribution in [2.45, 2.75) is 6.92 Å². The van der Waals surface area contributed by atoms with E-state index >= 15 is 0 Å². The zero-order valence-electron chi connectivity index (χ0n) is 15.8. The maximum Gasteiger partial charge on any atom is 0.335 e. The van der Waals surface area contributed by atoms with Gasteiger partial charge in [0.15, 0.2) is 5.92 Å². The molecule has 0 spiro atoms. The maximum absolute atomic E-state index is 12.7. The van der Waals surface area contributed by atoms with Crippen LogP contribution in [0.25, 0.3) is 0 Å². The van der Waals surface area contributed by atoms with Crippen LogP contribution in [0.1, 0.15) is 6.92 Å². The van der Waals surface area contributed by atoms with E-state index in [1.54, 1.807) is 24.3 Å². The number of anilines is 1. The third kappa shape index (κ3) is 4.73. The summed E-state index contributed by atoms with van der Waals surface area (Å²) in [6, 6.07) is 5.77. The number of nitrogens with one attached hydrogen (secondary N) is 1. The van der Waals surface area contributed by atoms with E-state index in [1.807, 2.05) is 6.92 Å². The van der Waals surface area contributed by atoms with Gasteiger partial charge in [-0.3, -0.25) is 24.8 Å². The standard InChI is InChI=1S/C19H24N4O5/c1-2-28-15-5-3-14(4-6-15)23-18(25)16(17(24)21-19(23)26)13-20-7-8-22-9-11-27-12-10-22/h3-6,13,16H,2,7-12H2,1H3,(H,21,24,26)/t16-/m0/s1. The lowest BCUT2D eigenvalue weighted by Crippen LogP contribution is -2.58. The SMILES string of the molecule is CCOc1ccc(N2C(=O)NC(=O)[C@H](C=NCCN3CCOCC3)C2=O)cc1. The summed E-state index contributed by atoms with van der Waals surface area (Å²) in [4.78, 5) is 44.4. The highest BCUT2D eigenvalue weighted by Crippen LogP contribution is 2.23. The first-order valence-electron chi connectivity index (χ1n) is 9.32. The first-order chi connectivity index (χ1) is 13.6. The number of ether oxygens (including phenoxy) is 2. The molecule has 2 saturated heterocycles. The number of carbonyl (C=O) groups excluding carboxylic acids is 3. The van der Waals surface area contributed by atoms with Crippen molar-refractivity contribution in [1.82, 2.24) is 10.2 Å². The fourth-order valence-electron chi connectivity index (χ4n) is 3.03. The molecule has 150 valence electrons. The van der Waals surface area contributed by atoms with Gasteiger partial charge in [-0.2, -0.15) is 0 Å². The van der Waals surface area contributed by atoms with Crippen molar-refractivity contribution in [3.63, 3.8) is 0 Å². The molecule has 3 rings (SSSR count). The fourth-order valence-corrected chi connectivity index (χ4v) is 3.03. The quantitative estimate of drug-likeness (QED) is 0.545. The molecule has 28 heavy (non-hydrogen) atoms. The van der Waals surface area contributed by atoms with Gasteiger partial charge in [0.25, 0.3) is 5.91 Å². The first kappa shape index (κ1) is 20.0. The van der Waals surface area contributed by atoms with Crippen molar-refractivity contribution in [2.24, 2.45) is 10.9 Å². The maximum atomic E-state index is 12.7. The van der Waals surface area contributed by atoms with Crippen LogP contribution >= 0.6 is 0 Å². The van der Waals surface area contributed by atoms with Crippen molar-refractivity contribution in [2.75, 3.05) is 50.9 Å². The number of aliphatic imine (C=N–C) groups is 1. The molecule has 1 atom stereocenters. The van der Waals surface area contributed by atoms with Gasteiger partial charge in [0.2, 0.25) is 5.91 Å². The van der Waals surface area contributed by atoms with Crippen LogP contribution < -0.4 is 15.0 Å². The largest absolute Gasteiger partial charge is 0.494 e. The van der Waals surface area contributed by atoms with Crippen LogP contribution in [-0.4, -0.2) is 75.0 Å². The first-order valence-corrected chi connectivity index (χ1v) is 9.32. The monoisotopic (exact) mass is 388 g/mol. The Bertz CT molecular complexity index is 743. The summed E-state index contributed by atoms with van der Waals surface area (Å²) in [5.74, 6) is -1.78. The topological polar surface area (TPSA) is 101 Å². The number of amides is 4. The third-order valence-electron chi connectivity index (χ3n) is 4.51. The zero-order valence-corrected chi connectivity index (χ0v) is 15.8. The van der Waals surface area contributed by atoms with Gasteiger partial charge in [-0.1, -0.05) is 0 Å². The van der Waals surface area contributed by atoms with E-state index in [4.69, 9.17) is 9.47 Å². The number of morpholine rings is 1. The Morgan fingerprint density at radius 3 is 2.61 bits per heavy atom. The van der Waals surface area contributed by atoms with Gasteiger partial charge < -0.3 is 9.47 Å². The highest BCUT2D eigenvalue weighted by atomic mass is 16.5. The molecule has 0 unspecified atom stereocenters. The molecule has 0 bridgehead atoms. The summed E-state index contributed by atoms with van der Waals surface area (Å²) >= 11 is 0. The van der Waals surface area contributed by atoms with Crippen LogP contribution in [0.15, 0.2) is 29.3 Å². The Morgan fingerprint density at radius 1 is 1.21 bits per heavy atom. The Morgan fingerprint density at radius 2 is 1.93 bits per heavy atom. The fraction of sp³-hybridized carbons (Fsp3) is 0.474. The van der Waals surface area contributed by atoms with Crippen molar-refractivity contribution >= 4 is 29.7 Å². The summed E-state index contributed by atoms with van der Waals surface area (Å²) in [5.41, 5.74) is 0.366. The second-order valence-electron chi connectivity index (χ2n) is 6.38. The molecule has 2 aliphatic heterocycles. The zero-order chi connectivity index (χ0) is 19.9. The minimum Gasteiger partial charge on any atom is -0.494 e. The van der Waals surface area contributed by atoms with Crippen molar-refractivity contribution in [1.29, 1.82) is 0 Å².